The summed E-state index contributed by atoms with van der Waals surface area (Å²) in [5.74, 6) is 1.68. The maximum Gasteiger partial charge on any atom is 0.123 e. The zero-order valence-electron chi connectivity index (χ0n) is 17.5. The van der Waals surface area contributed by atoms with Gasteiger partial charge in [-0.1, -0.05) is 0 Å². The highest BCUT2D eigenvalue weighted by Crippen LogP contribution is 2.24. The molecule has 2 aliphatic heterocycles. The smallest absolute Gasteiger partial charge is 0.123 e. The number of nitrogens with zero attached hydrogens (tertiary/aromatic N) is 4. The molecule has 3 heterocycles. The molecule has 0 unspecified atom stereocenters. The molecule has 6 heteroatoms. The van der Waals surface area contributed by atoms with Gasteiger partial charge in [-0.15, -0.1) is 0 Å². The first-order valence-electron chi connectivity index (χ1n) is 10.8. The summed E-state index contributed by atoms with van der Waals surface area (Å²) in [7, 11) is 1.69. The Bertz CT molecular complexity index is 769. The lowest BCUT2D eigenvalue weighted by molar-refractivity contribution is 0.237. The summed E-state index contributed by atoms with van der Waals surface area (Å²) in [6.45, 7) is 7.33. The van der Waals surface area contributed by atoms with E-state index in [2.05, 4.69) is 25.8 Å². The molecule has 0 N–H and O–H groups in total. The first-order chi connectivity index (χ1) is 14.3. The summed E-state index contributed by atoms with van der Waals surface area (Å²) < 4.78 is 11.5. The van der Waals surface area contributed by atoms with Gasteiger partial charge in [-0.3, -0.25) is 19.8 Å². The van der Waals surface area contributed by atoms with Gasteiger partial charge in [0.2, 0.25) is 0 Å². The third-order valence-corrected chi connectivity index (χ3v) is 5.78. The van der Waals surface area contributed by atoms with Crippen LogP contribution in [-0.4, -0.2) is 66.2 Å². The lowest BCUT2D eigenvalue weighted by Crippen LogP contribution is -2.25. The van der Waals surface area contributed by atoms with E-state index in [-0.39, 0.29) is 0 Å². The molecule has 156 valence electrons. The van der Waals surface area contributed by atoms with Crippen molar-refractivity contribution in [2.75, 3.05) is 46.4 Å². The minimum atomic E-state index is 0.706. The minimum absolute atomic E-state index is 0.706. The van der Waals surface area contributed by atoms with Crippen LogP contribution < -0.4 is 9.47 Å². The average molecular weight is 397 g/mol. The highest BCUT2D eigenvalue weighted by Gasteiger charge is 2.13. The van der Waals surface area contributed by atoms with E-state index in [1.807, 2.05) is 24.5 Å². The fourth-order valence-corrected chi connectivity index (χ4v) is 4.17. The maximum atomic E-state index is 6.02. The van der Waals surface area contributed by atoms with E-state index in [1.54, 1.807) is 7.11 Å². The molecule has 1 aromatic carbocycles. The Morgan fingerprint density at radius 3 is 2.17 bits per heavy atom. The molecule has 0 aliphatic carbocycles. The van der Waals surface area contributed by atoms with E-state index in [4.69, 9.17) is 9.47 Å². The molecule has 2 fully saturated rings. The molecule has 0 bridgehead atoms. The highest BCUT2D eigenvalue weighted by molar-refractivity contribution is 5.39. The number of hydrogen-bond donors (Lipinski definition) is 0. The van der Waals surface area contributed by atoms with E-state index in [0.717, 1.165) is 48.0 Å². The van der Waals surface area contributed by atoms with Gasteiger partial charge in [0.05, 0.1) is 24.7 Å². The summed E-state index contributed by atoms with van der Waals surface area (Å²) in [6.07, 6.45) is 9.74. The Labute approximate surface area is 173 Å². The van der Waals surface area contributed by atoms with E-state index in [0.29, 0.717) is 6.61 Å². The predicted octanol–water partition coefficient (Wildman–Crippen LogP) is 3.15. The van der Waals surface area contributed by atoms with Crippen LogP contribution in [0, 0.1) is 0 Å². The molecule has 2 aliphatic rings. The van der Waals surface area contributed by atoms with Crippen LogP contribution in [-0.2, 0) is 13.0 Å². The van der Waals surface area contributed by atoms with Crippen molar-refractivity contribution in [3.05, 3.63) is 47.5 Å². The molecule has 1 aromatic heterocycles. The summed E-state index contributed by atoms with van der Waals surface area (Å²) in [4.78, 5) is 14.2. The number of hydrogen-bond acceptors (Lipinski definition) is 6. The second kappa shape index (κ2) is 10.0. The van der Waals surface area contributed by atoms with Crippen molar-refractivity contribution >= 4 is 0 Å². The molecular weight excluding hydrogens is 364 g/mol. The van der Waals surface area contributed by atoms with Crippen LogP contribution >= 0.6 is 0 Å². The van der Waals surface area contributed by atoms with Gasteiger partial charge in [-0.25, -0.2) is 0 Å². The van der Waals surface area contributed by atoms with Crippen LogP contribution in [0.5, 0.6) is 11.5 Å². The number of methoxy groups -OCH3 is 1. The molecule has 2 saturated heterocycles. The molecule has 2 aromatic rings. The maximum absolute atomic E-state index is 6.02. The molecule has 0 radical (unpaired) electrons. The number of likely N-dealkylation sites (tertiary alicyclic amines) is 2. The monoisotopic (exact) mass is 396 g/mol. The lowest BCUT2D eigenvalue weighted by Gasteiger charge is -2.16. The van der Waals surface area contributed by atoms with Crippen LogP contribution in [0.15, 0.2) is 30.6 Å². The SMILES string of the molecule is COc1cc(Cc2cnc(CN3CCCC3)cn2)cc(OCCN2CCCC2)c1. The fraction of sp³-hybridized carbons (Fsp3) is 0.565. The van der Waals surface area contributed by atoms with Crippen molar-refractivity contribution in [1.82, 2.24) is 19.8 Å². The Morgan fingerprint density at radius 2 is 1.48 bits per heavy atom. The minimum Gasteiger partial charge on any atom is -0.497 e. The standard InChI is InChI=1S/C23H32N4O2/c1-28-22-13-19(14-23(15-22)29-11-10-26-6-2-3-7-26)12-20-16-25-21(17-24-20)18-27-8-4-5-9-27/h13-17H,2-12,18H2,1H3. The fourth-order valence-electron chi connectivity index (χ4n) is 4.17. The van der Waals surface area contributed by atoms with E-state index >= 15 is 0 Å². The molecule has 4 rings (SSSR count). The van der Waals surface area contributed by atoms with Gasteiger partial charge in [-0.05, 0) is 69.6 Å². The van der Waals surface area contributed by atoms with Crippen molar-refractivity contribution in [3.8, 4) is 11.5 Å². The Balaban J connectivity index is 1.35. The Kier molecular flexibility index (Phi) is 6.96. The van der Waals surface area contributed by atoms with E-state index in [1.165, 1.54) is 51.9 Å². The van der Waals surface area contributed by atoms with Gasteiger partial charge < -0.3 is 9.47 Å². The molecular formula is C23H32N4O2. The summed E-state index contributed by atoms with van der Waals surface area (Å²) in [5.41, 5.74) is 3.14. The Morgan fingerprint density at radius 1 is 0.828 bits per heavy atom. The second-order valence-corrected chi connectivity index (χ2v) is 8.07. The second-order valence-electron chi connectivity index (χ2n) is 8.07. The number of rotatable bonds is 9. The molecule has 6 nitrogen and oxygen atoms in total. The molecule has 0 spiro atoms. The van der Waals surface area contributed by atoms with Crippen molar-refractivity contribution in [1.29, 1.82) is 0 Å². The van der Waals surface area contributed by atoms with E-state index in [9.17, 15) is 0 Å². The van der Waals surface area contributed by atoms with Crippen LogP contribution in [0.3, 0.4) is 0 Å². The molecule has 29 heavy (non-hydrogen) atoms. The highest BCUT2D eigenvalue weighted by atomic mass is 16.5. The lowest BCUT2D eigenvalue weighted by atomic mass is 10.1. The van der Waals surface area contributed by atoms with Crippen molar-refractivity contribution in [2.24, 2.45) is 0 Å². The number of aromatic nitrogens is 2. The van der Waals surface area contributed by atoms with Gasteiger partial charge in [0.1, 0.15) is 18.1 Å². The zero-order valence-corrected chi connectivity index (χ0v) is 17.5. The van der Waals surface area contributed by atoms with Gasteiger partial charge >= 0.3 is 0 Å². The first kappa shape index (κ1) is 20.1. The quantitative estimate of drug-likeness (QED) is 0.649. The van der Waals surface area contributed by atoms with Crippen molar-refractivity contribution in [2.45, 2.75) is 38.6 Å². The average Bonchev–Trinajstić information content (AvgIpc) is 3.44. The zero-order chi connectivity index (χ0) is 19.9. The third-order valence-electron chi connectivity index (χ3n) is 5.78. The summed E-state index contributed by atoms with van der Waals surface area (Å²) in [5, 5.41) is 0. The van der Waals surface area contributed by atoms with Crippen LogP contribution in [0.4, 0.5) is 0 Å². The Hall–Kier alpha value is -2.18. The normalized spacial score (nSPS) is 17.7. The molecule has 0 saturated carbocycles. The summed E-state index contributed by atoms with van der Waals surface area (Å²) >= 11 is 0. The number of ether oxygens (including phenoxy) is 2. The van der Waals surface area contributed by atoms with Crippen LogP contribution in [0.1, 0.15) is 42.6 Å². The van der Waals surface area contributed by atoms with Crippen LogP contribution in [0.25, 0.3) is 0 Å². The first-order valence-corrected chi connectivity index (χ1v) is 10.8. The van der Waals surface area contributed by atoms with Gasteiger partial charge in [0, 0.05) is 31.8 Å². The van der Waals surface area contributed by atoms with Gasteiger partial charge in [0.25, 0.3) is 0 Å². The summed E-state index contributed by atoms with van der Waals surface area (Å²) in [6, 6.07) is 6.10. The van der Waals surface area contributed by atoms with Gasteiger partial charge in [0.15, 0.2) is 0 Å². The van der Waals surface area contributed by atoms with Crippen LogP contribution in [0.2, 0.25) is 0 Å². The van der Waals surface area contributed by atoms with Gasteiger partial charge in [-0.2, -0.15) is 0 Å². The largest absolute Gasteiger partial charge is 0.497 e. The molecule has 0 atom stereocenters. The number of benzene rings is 1. The topological polar surface area (TPSA) is 50.7 Å². The van der Waals surface area contributed by atoms with Crippen molar-refractivity contribution in [3.63, 3.8) is 0 Å². The predicted molar refractivity (Wildman–Crippen MR) is 114 cm³/mol. The third kappa shape index (κ3) is 5.90. The van der Waals surface area contributed by atoms with E-state index < -0.39 is 0 Å². The molecule has 0 amide bonds. The van der Waals surface area contributed by atoms with Crippen molar-refractivity contribution < 1.29 is 9.47 Å².